The molecule has 0 saturated carbocycles. The average Bonchev–Trinajstić information content (AvgIpc) is 2.88. The summed E-state index contributed by atoms with van der Waals surface area (Å²) in [5, 5.41) is 10.6. The Morgan fingerprint density at radius 2 is 1.82 bits per heavy atom. The lowest BCUT2D eigenvalue weighted by Gasteiger charge is -2.39. The Morgan fingerprint density at radius 3 is 2.49 bits per heavy atom. The third-order valence-electron chi connectivity index (χ3n) is 7.17. The third-order valence-corrected chi connectivity index (χ3v) is 7.48. The molecule has 1 saturated heterocycles. The molecule has 9 heteroatoms. The molecule has 2 heterocycles. The van der Waals surface area contributed by atoms with E-state index < -0.39 is 16.9 Å². The zero-order valence-electron chi connectivity index (χ0n) is 21.5. The lowest BCUT2D eigenvalue weighted by molar-refractivity contribution is -0.132. The van der Waals surface area contributed by atoms with Gasteiger partial charge in [-0.05, 0) is 47.9 Å². The van der Waals surface area contributed by atoms with Crippen molar-refractivity contribution in [1.29, 1.82) is 0 Å². The maximum absolute atomic E-state index is 14.9. The number of halogens is 2. The van der Waals surface area contributed by atoms with Crippen molar-refractivity contribution < 1.29 is 14.3 Å². The number of fused-ring (bicyclic) bond motifs is 1. The number of phenols is 1. The summed E-state index contributed by atoms with van der Waals surface area (Å²) in [5.41, 5.74) is 0.698. The van der Waals surface area contributed by atoms with Gasteiger partial charge in [0.1, 0.15) is 11.6 Å². The molecule has 0 spiro atoms. The molecule has 0 aliphatic carbocycles. The summed E-state index contributed by atoms with van der Waals surface area (Å²) in [4.78, 5) is 40.8. The summed E-state index contributed by atoms with van der Waals surface area (Å²) in [6.07, 6.45) is 1.24. The number of hydrogen-bond donors (Lipinski definition) is 1. The molecule has 5 rings (SSSR count). The number of aromatic hydroxyl groups is 1. The van der Waals surface area contributed by atoms with Crippen molar-refractivity contribution in [3.8, 4) is 22.6 Å². The number of hydrogen-bond acceptors (Lipinski definition) is 4. The van der Waals surface area contributed by atoms with Crippen molar-refractivity contribution in [2.24, 2.45) is 5.92 Å². The maximum atomic E-state index is 14.9. The van der Waals surface area contributed by atoms with Crippen LogP contribution in [0.5, 0.6) is 5.75 Å². The van der Waals surface area contributed by atoms with E-state index in [2.05, 4.69) is 6.58 Å². The van der Waals surface area contributed by atoms with Crippen LogP contribution in [0.4, 0.5) is 4.39 Å². The van der Waals surface area contributed by atoms with Crippen molar-refractivity contribution >= 4 is 28.5 Å². The number of likely N-dealkylation sites (tertiary alicyclic amines) is 1. The second kappa shape index (κ2) is 10.2. The molecule has 1 aromatic heterocycles. The second-order valence-corrected chi connectivity index (χ2v) is 10.4. The number of aromatic nitrogens is 2. The Balaban J connectivity index is 1.80. The Hall–Kier alpha value is -4.17. The van der Waals surface area contributed by atoms with Gasteiger partial charge >= 0.3 is 11.1 Å². The van der Waals surface area contributed by atoms with Gasteiger partial charge in [-0.1, -0.05) is 56.3 Å². The second-order valence-electron chi connectivity index (χ2n) is 10.0. The van der Waals surface area contributed by atoms with Crippen LogP contribution >= 0.6 is 11.6 Å². The van der Waals surface area contributed by atoms with E-state index in [0.717, 1.165) is 5.56 Å². The van der Waals surface area contributed by atoms with E-state index in [-0.39, 0.29) is 46.2 Å². The van der Waals surface area contributed by atoms with E-state index in [9.17, 15) is 23.9 Å². The highest BCUT2D eigenvalue weighted by molar-refractivity contribution is 6.34. The molecular weight excluding hydrogens is 521 g/mol. The fourth-order valence-electron chi connectivity index (χ4n) is 5.20. The minimum Gasteiger partial charge on any atom is -0.507 e. The molecule has 1 fully saturated rings. The molecule has 0 radical (unpaired) electrons. The van der Waals surface area contributed by atoms with Gasteiger partial charge in [-0.15, -0.1) is 0 Å². The maximum Gasteiger partial charge on any atom is 0.321 e. The molecule has 0 unspecified atom stereocenters. The lowest BCUT2D eigenvalue weighted by atomic mass is 9.98. The predicted molar refractivity (Wildman–Crippen MR) is 150 cm³/mol. The van der Waals surface area contributed by atoms with E-state index >= 15 is 0 Å². The van der Waals surface area contributed by atoms with Gasteiger partial charge in [0.15, 0.2) is 0 Å². The van der Waals surface area contributed by atoms with Crippen LogP contribution < -0.4 is 11.1 Å². The van der Waals surface area contributed by atoms with Crippen LogP contribution in [-0.2, 0) is 11.3 Å². The molecule has 1 N–H and O–H groups in total. The van der Waals surface area contributed by atoms with Crippen LogP contribution in [0.25, 0.3) is 27.8 Å². The average molecular weight is 548 g/mol. The van der Waals surface area contributed by atoms with Crippen molar-refractivity contribution in [1.82, 2.24) is 14.0 Å². The molecule has 1 amide bonds. The highest BCUT2D eigenvalue weighted by Crippen LogP contribution is 2.39. The molecule has 1 aliphatic heterocycles. The molecule has 200 valence electrons. The minimum absolute atomic E-state index is 0.0383. The first-order valence-corrected chi connectivity index (χ1v) is 13.0. The largest absolute Gasteiger partial charge is 0.507 e. The standard InChI is InChI=1S/C30H27ClFN3O4/c1-4-27(37)33-14-18(15-33)16-34-24-13-21(31)20(28-22(32)9-7-11-26(28)36)12-25(24)35(30(39)29(34)38)23-10-6-5-8-19(23)17(2)3/h4-13,17-18,36H,1,14-16H2,2-3H3. The Bertz CT molecular complexity index is 1730. The number of nitrogens with zero attached hydrogens (tertiary/aromatic N) is 3. The lowest BCUT2D eigenvalue weighted by Crippen LogP contribution is -2.52. The molecule has 7 nitrogen and oxygen atoms in total. The number of carbonyl (C=O) groups excluding carboxylic acids is 1. The summed E-state index contributed by atoms with van der Waals surface area (Å²) >= 11 is 6.65. The third kappa shape index (κ3) is 4.55. The Labute approximate surface area is 229 Å². The van der Waals surface area contributed by atoms with Crippen LogP contribution in [0.15, 0.2) is 76.8 Å². The fraction of sp³-hybridized carbons (Fsp3) is 0.233. The van der Waals surface area contributed by atoms with Gasteiger partial charge in [-0.2, -0.15) is 0 Å². The van der Waals surface area contributed by atoms with Gasteiger partial charge in [0.2, 0.25) is 5.91 Å². The number of benzene rings is 3. The molecule has 0 bridgehead atoms. The first kappa shape index (κ1) is 26.4. The Kier molecular flexibility index (Phi) is 6.91. The zero-order chi connectivity index (χ0) is 28.0. The van der Waals surface area contributed by atoms with Crippen LogP contribution in [0.2, 0.25) is 5.02 Å². The highest BCUT2D eigenvalue weighted by Gasteiger charge is 2.31. The van der Waals surface area contributed by atoms with E-state index in [1.807, 2.05) is 26.0 Å². The molecule has 3 aromatic carbocycles. The summed E-state index contributed by atoms with van der Waals surface area (Å²) in [7, 11) is 0. The van der Waals surface area contributed by atoms with Crippen molar-refractivity contribution in [3.05, 3.63) is 104 Å². The van der Waals surface area contributed by atoms with E-state index in [4.69, 9.17) is 11.6 Å². The quantitative estimate of drug-likeness (QED) is 0.269. The minimum atomic E-state index is -0.764. The predicted octanol–water partition coefficient (Wildman–Crippen LogP) is 5.09. The van der Waals surface area contributed by atoms with E-state index in [0.29, 0.717) is 29.8 Å². The summed E-state index contributed by atoms with van der Waals surface area (Å²) in [6, 6.07) is 14.3. The van der Waals surface area contributed by atoms with Crippen LogP contribution in [0.1, 0.15) is 25.3 Å². The summed E-state index contributed by atoms with van der Waals surface area (Å²) in [6.45, 7) is 8.51. The number of amides is 1. The monoisotopic (exact) mass is 547 g/mol. The SMILES string of the molecule is C=CC(=O)N1CC(Cn2c(=O)c(=O)n(-c3ccccc3C(C)C)c3cc(-c4c(O)cccc4F)c(Cl)cc32)C1. The Morgan fingerprint density at radius 1 is 1.10 bits per heavy atom. The normalized spacial score (nSPS) is 13.6. The van der Waals surface area contributed by atoms with E-state index in [1.165, 1.54) is 39.5 Å². The van der Waals surface area contributed by atoms with Gasteiger partial charge in [-0.25, -0.2) is 4.39 Å². The van der Waals surface area contributed by atoms with Crippen molar-refractivity contribution in [2.75, 3.05) is 13.1 Å². The van der Waals surface area contributed by atoms with E-state index in [1.54, 1.807) is 23.1 Å². The van der Waals surface area contributed by atoms with Gasteiger partial charge in [0.25, 0.3) is 0 Å². The van der Waals surface area contributed by atoms with Crippen molar-refractivity contribution in [3.63, 3.8) is 0 Å². The first-order valence-electron chi connectivity index (χ1n) is 12.6. The molecular formula is C30H27ClFN3O4. The smallest absolute Gasteiger partial charge is 0.321 e. The van der Waals surface area contributed by atoms with Gasteiger partial charge in [-0.3, -0.25) is 19.0 Å². The highest BCUT2D eigenvalue weighted by atomic mass is 35.5. The topological polar surface area (TPSA) is 84.5 Å². The number of carbonyl (C=O) groups is 1. The summed E-state index contributed by atoms with van der Waals surface area (Å²) < 4.78 is 17.6. The zero-order valence-corrected chi connectivity index (χ0v) is 22.3. The number of phenolic OH excluding ortho intramolecular Hbond substituents is 1. The number of para-hydroxylation sites is 1. The van der Waals surface area contributed by atoms with Crippen molar-refractivity contribution in [2.45, 2.75) is 26.3 Å². The van der Waals surface area contributed by atoms with Gasteiger partial charge < -0.3 is 14.6 Å². The molecule has 1 aliphatic rings. The first-order chi connectivity index (χ1) is 18.6. The van der Waals surface area contributed by atoms with Crippen LogP contribution in [0.3, 0.4) is 0 Å². The molecule has 39 heavy (non-hydrogen) atoms. The van der Waals surface area contributed by atoms with Crippen LogP contribution in [0, 0.1) is 11.7 Å². The molecule has 0 atom stereocenters. The molecule has 4 aromatic rings. The summed E-state index contributed by atoms with van der Waals surface area (Å²) in [5.74, 6) is -1.19. The number of rotatable bonds is 6. The fourth-order valence-corrected chi connectivity index (χ4v) is 5.45. The van der Waals surface area contributed by atoms with Crippen LogP contribution in [-0.4, -0.2) is 38.1 Å². The van der Waals surface area contributed by atoms with Gasteiger partial charge in [0, 0.05) is 31.1 Å². The van der Waals surface area contributed by atoms with Gasteiger partial charge in [0.05, 0.1) is 27.3 Å².